The van der Waals surface area contributed by atoms with Gasteiger partial charge in [0.2, 0.25) is 0 Å². The highest BCUT2D eigenvalue weighted by Crippen LogP contribution is 1.93. The second-order valence-corrected chi connectivity index (χ2v) is 4.54. The van der Waals surface area contributed by atoms with Crippen LogP contribution in [0.25, 0.3) is 0 Å². The number of halogens is 1. The molecule has 0 aliphatic carbocycles. The Hall–Kier alpha value is -0.830. The second kappa shape index (κ2) is 10.9. The first kappa shape index (κ1) is 19.2. The van der Waals surface area contributed by atoms with E-state index in [-0.39, 0.29) is 30.0 Å². The zero-order valence-corrected chi connectivity index (χ0v) is 15.0. The van der Waals surface area contributed by atoms with Crippen LogP contribution in [0.3, 0.4) is 0 Å². The fourth-order valence-corrected chi connectivity index (χ4v) is 1.70. The molecule has 0 aliphatic rings. The van der Waals surface area contributed by atoms with Crippen molar-refractivity contribution in [3.8, 4) is 0 Å². The van der Waals surface area contributed by atoms with Crippen LogP contribution in [0, 0.1) is 6.92 Å². The van der Waals surface area contributed by atoms with Gasteiger partial charge < -0.3 is 15.4 Å². The summed E-state index contributed by atoms with van der Waals surface area (Å²) in [6.45, 7) is 9.11. The number of nitrogens with zero attached hydrogens (tertiary/aromatic N) is 3. The maximum atomic E-state index is 5.10. The number of aromatic nitrogens is 2. The summed E-state index contributed by atoms with van der Waals surface area (Å²) >= 11 is 0. The summed E-state index contributed by atoms with van der Waals surface area (Å²) in [5.74, 6) is 0.816. The van der Waals surface area contributed by atoms with Crippen LogP contribution in [0.4, 0.5) is 0 Å². The normalized spacial score (nSPS) is 12.7. The van der Waals surface area contributed by atoms with E-state index in [2.05, 4.69) is 34.6 Å². The number of nitrogens with one attached hydrogen (secondary N) is 2. The number of aliphatic imine (C=N–C) groups is 1. The molecule has 7 heteroatoms. The lowest BCUT2D eigenvalue weighted by Gasteiger charge is -2.16. The van der Waals surface area contributed by atoms with Gasteiger partial charge in [0.05, 0.1) is 25.9 Å². The Morgan fingerprint density at radius 2 is 2.30 bits per heavy atom. The summed E-state index contributed by atoms with van der Waals surface area (Å²) in [5.41, 5.74) is 1.17. The first-order chi connectivity index (χ1) is 9.15. The van der Waals surface area contributed by atoms with Crippen LogP contribution in [0.2, 0.25) is 0 Å². The molecule has 0 spiro atoms. The van der Waals surface area contributed by atoms with Crippen LogP contribution < -0.4 is 10.6 Å². The number of aryl methyl sites for hydroxylation is 1. The molecule has 1 atom stereocenters. The smallest absolute Gasteiger partial charge is 0.191 e. The van der Waals surface area contributed by atoms with Crippen molar-refractivity contribution in [2.24, 2.45) is 4.99 Å². The third-order valence-electron chi connectivity index (χ3n) is 2.51. The van der Waals surface area contributed by atoms with Crippen molar-refractivity contribution >= 4 is 29.9 Å². The van der Waals surface area contributed by atoms with Crippen molar-refractivity contribution in [2.45, 2.75) is 33.4 Å². The van der Waals surface area contributed by atoms with Gasteiger partial charge in [0.1, 0.15) is 0 Å². The van der Waals surface area contributed by atoms with E-state index in [4.69, 9.17) is 4.74 Å². The molecule has 2 N–H and O–H groups in total. The van der Waals surface area contributed by atoms with Gasteiger partial charge in [-0.25, -0.2) is 0 Å². The Kier molecular flexibility index (Phi) is 10.4. The van der Waals surface area contributed by atoms with Crippen molar-refractivity contribution in [3.63, 3.8) is 0 Å². The van der Waals surface area contributed by atoms with Gasteiger partial charge in [0, 0.05) is 25.9 Å². The highest BCUT2D eigenvalue weighted by Gasteiger charge is 2.03. The molecule has 1 aromatic heterocycles. The highest BCUT2D eigenvalue weighted by molar-refractivity contribution is 14.0. The summed E-state index contributed by atoms with van der Waals surface area (Å²) in [6.07, 6.45) is 3.87. The molecule has 0 bridgehead atoms. The molecule has 20 heavy (non-hydrogen) atoms. The van der Waals surface area contributed by atoms with E-state index in [1.54, 1.807) is 7.11 Å². The minimum absolute atomic E-state index is 0. The molecule has 0 radical (unpaired) electrons. The maximum absolute atomic E-state index is 5.10. The van der Waals surface area contributed by atoms with Crippen molar-refractivity contribution in [1.29, 1.82) is 0 Å². The molecule has 6 nitrogen and oxygen atoms in total. The molecule has 0 fully saturated rings. The summed E-state index contributed by atoms with van der Waals surface area (Å²) in [4.78, 5) is 4.52. The van der Waals surface area contributed by atoms with Gasteiger partial charge in [-0.15, -0.1) is 24.0 Å². The summed E-state index contributed by atoms with van der Waals surface area (Å²) in [7, 11) is 1.70. The molecule has 116 valence electrons. The Bertz CT molecular complexity index is 394. The molecule has 0 aromatic carbocycles. The first-order valence-electron chi connectivity index (χ1n) is 6.68. The number of ether oxygens (including phenoxy) is 1. The fraction of sp³-hybridized carbons (Fsp3) is 0.692. The minimum atomic E-state index is 0. The van der Waals surface area contributed by atoms with E-state index < -0.39 is 0 Å². The third kappa shape index (κ3) is 7.68. The number of rotatable bonds is 7. The molecule has 0 saturated carbocycles. The monoisotopic (exact) mass is 395 g/mol. The maximum Gasteiger partial charge on any atom is 0.191 e. The zero-order valence-electron chi connectivity index (χ0n) is 12.7. The predicted molar refractivity (Wildman–Crippen MR) is 92.8 cm³/mol. The minimum Gasteiger partial charge on any atom is -0.383 e. The predicted octanol–water partition coefficient (Wildman–Crippen LogP) is 1.40. The van der Waals surface area contributed by atoms with E-state index in [0.29, 0.717) is 13.2 Å². The Morgan fingerprint density at radius 3 is 2.85 bits per heavy atom. The number of hydrogen-bond acceptors (Lipinski definition) is 3. The van der Waals surface area contributed by atoms with Gasteiger partial charge in [0.25, 0.3) is 0 Å². The molecular weight excluding hydrogens is 369 g/mol. The molecule has 1 rings (SSSR count). The Balaban J connectivity index is 0.00000361. The number of methoxy groups -OCH3 is 1. The SMILES string of the molecule is CCNC(=NCCn1cc(C)cn1)NC(C)COC.I. The lowest BCUT2D eigenvalue weighted by Crippen LogP contribution is -2.44. The van der Waals surface area contributed by atoms with Crippen molar-refractivity contribution in [2.75, 3.05) is 26.8 Å². The van der Waals surface area contributed by atoms with Crippen LogP contribution in [-0.2, 0) is 11.3 Å². The van der Waals surface area contributed by atoms with Gasteiger partial charge >= 0.3 is 0 Å². The topological polar surface area (TPSA) is 63.5 Å². The van der Waals surface area contributed by atoms with Crippen molar-refractivity contribution < 1.29 is 4.74 Å². The molecule has 1 aromatic rings. The lowest BCUT2D eigenvalue weighted by molar-refractivity contribution is 0.179. The second-order valence-electron chi connectivity index (χ2n) is 4.54. The highest BCUT2D eigenvalue weighted by atomic mass is 127. The van der Waals surface area contributed by atoms with E-state index in [1.807, 2.05) is 24.0 Å². The lowest BCUT2D eigenvalue weighted by atomic mass is 10.4. The average Bonchev–Trinajstić information content (AvgIpc) is 2.75. The Morgan fingerprint density at radius 1 is 1.55 bits per heavy atom. The van der Waals surface area contributed by atoms with Gasteiger partial charge in [-0.1, -0.05) is 0 Å². The van der Waals surface area contributed by atoms with Crippen molar-refractivity contribution in [3.05, 3.63) is 18.0 Å². The van der Waals surface area contributed by atoms with Gasteiger partial charge in [0.15, 0.2) is 5.96 Å². The molecular formula is C13H26IN5O. The summed E-state index contributed by atoms with van der Waals surface area (Å²) in [5, 5.41) is 10.7. The quantitative estimate of drug-likeness (QED) is 0.416. The summed E-state index contributed by atoms with van der Waals surface area (Å²) in [6, 6.07) is 0.231. The van der Waals surface area contributed by atoms with Gasteiger partial charge in [-0.2, -0.15) is 5.10 Å². The molecule has 0 amide bonds. The summed E-state index contributed by atoms with van der Waals surface area (Å²) < 4.78 is 7.00. The molecule has 0 aliphatic heterocycles. The number of hydrogen-bond donors (Lipinski definition) is 2. The van der Waals surface area contributed by atoms with Crippen LogP contribution in [0.5, 0.6) is 0 Å². The van der Waals surface area contributed by atoms with E-state index in [9.17, 15) is 0 Å². The van der Waals surface area contributed by atoms with Crippen molar-refractivity contribution in [1.82, 2.24) is 20.4 Å². The molecule has 1 heterocycles. The molecule has 0 saturated heterocycles. The van der Waals surface area contributed by atoms with E-state index in [0.717, 1.165) is 19.0 Å². The van der Waals surface area contributed by atoms with Gasteiger partial charge in [-0.3, -0.25) is 9.67 Å². The Labute approximate surface area is 138 Å². The zero-order chi connectivity index (χ0) is 14.1. The van der Waals surface area contributed by atoms with Crippen LogP contribution in [0.15, 0.2) is 17.4 Å². The third-order valence-corrected chi connectivity index (χ3v) is 2.51. The largest absolute Gasteiger partial charge is 0.383 e. The average molecular weight is 395 g/mol. The van der Waals surface area contributed by atoms with Gasteiger partial charge in [-0.05, 0) is 26.3 Å². The van der Waals surface area contributed by atoms with Crippen LogP contribution in [0.1, 0.15) is 19.4 Å². The molecule has 1 unspecified atom stereocenters. The number of guanidine groups is 1. The van der Waals surface area contributed by atoms with Crippen LogP contribution >= 0.6 is 24.0 Å². The standard InChI is InChI=1S/C13H25N5O.HI/c1-5-14-13(17-12(3)10-19-4)15-6-7-18-9-11(2)8-16-18;/h8-9,12H,5-7,10H2,1-4H3,(H2,14,15,17);1H. The fourth-order valence-electron chi connectivity index (χ4n) is 1.70. The van der Waals surface area contributed by atoms with E-state index in [1.165, 1.54) is 5.56 Å². The van der Waals surface area contributed by atoms with E-state index >= 15 is 0 Å². The first-order valence-corrected chi connectivity index (χ1v) is 6.68. The van der Waals surface area contributed by atoms with Crippen LogP contribution in [-0.4, -0.2) is 48.6 Å².